The second-order valence-electron chi connectivity index (χ2n) is 6.87. The molecule has 0 amide bonds. The molecule has 0 N–H and O–H groups in total. The summed E-state index contributed by atoms with van der Waals surface area (Å²) in [6.07, 6.45) is 8.56. The minimum atomic E-state index is -0.463. The highest BCUT2D eigenvalue weighted by atomic mass is 16.8. The Morgan fingerprint density at radius 1 is 1.33 bits per heavy atom. The summed E-state index contributed by atoms with van der Waals surface area (Å²) < 4.78 is 12.3. The van der Waals surface area contributed by atoms with Crippen LogP contribution in [0.5, 0.6) is 0 Å². The van der Waals surface area contributed by atoms with Crippen LogP contribution in [-0.2, 0) is 14.3 Å². The predicted octanol–water partition coefficient (Wildman–Crippen LogP) is 2.45. The zero-order valence-electron chi connectivity index (χ0n) is 11.0. The van der Waals surface area contributed by atoms with Crippen molar-refractivity contribution >= 4 is 5.78 Å². The van der Waals surface area contributed by atoms with E-state index in [0.717, 1.165) is 12.8 Å². The molecule has 5 unspecified atom stereocenters. The van der Waals surface area contributed by atoms with Crippen molar-refractivity contribution in [2.24, 2.45) is 17.3 Å². The highest BCUT2D eigenvalue weighted by Gasteiger charge is 2.64. The molecule has 5 rings (SSSR count). The van der Waals surface area contributed by atoms with Gasteiger partial charge in [0, 0.05) is 11.8 Å². The Bertz CT molecular complexity index is 439. The maximum Gasteiger partial charge on any atom is 0.163 e. The molecule has 1 spiro atoms. The number of allylic oxidation sites excluding steroid dienone is 1. The van der Waals surface area contributed by atoms with Crippen molar-refractivity contribution in [1.29, 1.82) is 0 Å². The number of hydrogen-bond acceptors (Lipinski definition) is 3. The third-order valence-corrected chi connectivity index (χ3v) is 5.45. The van der Waals surface area contributed by atoms with Gasteiger partial charge < -0.3 is 9.47 Å². The third kappa shape index (κ3) is 1.29. The summed E-state index contributed by atoms with van der Waals surface area (Å²) in [5.41, 5.74) is 0.0705. The predicted molar refractivity (Wildman–Crippen MR) is 65.9 cm³/mol. The van der Waals surface area contributed by atoms with Crippen LogP contribution < -0.4 is 0 Å². The van der Waals surface area contributed by atoms with Crippen LogP contribution in [-0.4, -0.2) is 23.8 Å². The monoisotopic (exact) mass is 248 g/mol. The Labute approximate surface area is 108 Å². The van der Waals surface area contributed by atoms with Gasteiger partial charge in [-0.3, -0.25) is 4.79 Å². The zero-order valence-corrected chi connectivity index (χ0v) is 11.0. The molecule has 4 fully saturated rings. The van der Waals surface area contributed by atoms with Gasteiger partial charge in [-0.25, -0.2) is 0 Å². The minimum Gasteiger partial charge on any atom is -0.344 e. The average Bonchev–Trinajstić information content (AvgIpc) is 2.66. The van der Waals surface area contributed by atoms with E-state index in [2.05, 4.69) is 6.08 Å². The summed E-state index contributed by atoms with van der Waals surface area (Å²) in [6, 6.07) is 0. The number of carbonyl (C=O) groups excluding carboxylic acids is 1. The molecular formula is C15H20O3. The molecule has 1 aliphatic heterocycles. The Balaban J connectivity index is 1.78. The lowest BCUT2D eigenvalue weighted by Gasteiger charge is -2.56. The molecule has 1 heterocycles. The van der Waals surface area contributed by atoms with Crippen LogP contribution in [0.1, 0.15) is 39.5 Å². The van der Waals surface area contributed by atoms with E-state index in [-0.39, 0.29) is 23.4 Å². The van der Waals surface area contributed by atoms with Crippen LogP contribution in [0.4, 0.5) is 0 Å². The molecule has 2 bridgehead atoms. The van der Waals surface area contributed by atoms with Gasteiger partial charge in [-0.2, -0.15) is 0 Å². The normalized spacial score (nSPS) is 52.2. The summed E-state index contributed by atoms with van der Waals surface area (Å²) in [4.78, 5) is 11.7. The Kier molecular flexibility index (Phi) is 2.02. The van der Waals surface area contributed by atoms with Crippen molar-refractivity contribution in [3.63, 3.8) is 0 Å². The van der Waals surface area contributed by atoms with Gasteiger partial charge in [0.15, 0.2) is 11.6 Å². The highest BCUT2D eigenvalue weighted by molar-refractivity contribution is 5.91. The molecule has 5 atom stereocenters. The minimum absolute atomic E-state index is 0.0705. The van der Waals surface area contributed by atoms with Crippen LogP contribution in [0.3, 0.4) is 0 Å². The SMILES string of the molecule is CC1(C)OC2C3CCC4(C=CC(=O)CC4C3)C2O1. The summed E-state index contributed by atoms with van der Waals surface area (Å²) in [7, 11) is 0. The van der Waals surface area contributed by atoms with Gasteiger partial charge in [0.1, 0.15) is 0 Å². The van der Waals surface area contributed by atoms with Crippen molar-refractivity contribution in [2.75, 3.05) is 0 Å². The number of fused-ring (bicyclic) bond motifs is 1. The van der Waals surface area contributed by atoms with E-state index in [1.165, 1.54) is 6.42 Å². The van der Waals surface area contributed by atoms with E-state index in [4.69, 9.17) is 9.47 Å². The van der Waals surface area contributed by atoms with E-state index in [1.807, 2.05) is 13.8 Å². The maximum atomic E-state index is 11.7. The molecule has 0 radical (unpaired) electrons. The summed E-state index contributed by atoms with van der Waals surface area (Å²) >= 11 is 0. The van der Waals surface area contributed by atoms with E-state index >= 15 is 0 Å². The number of carbonyl (C=O) groups is 1. The van der Waals surface area contributed by atoms with E-state index in [1.54, 1.807) is 6.08 Å². The van der Waals surface area contributed by atoms with Gasteiger partial charge in [-0.15, -0.1) is 0 Å². The molecule has 0 aromatic heterocycles. The highest BCUT2D eigenvalue weighted by Crippen LogP contribution is 2.61. The maximum absolute atomic E-state index is 11.7. The Morgan fingerprint density at radius 3 is 3.00 bits per heavy atom. The fraction of sp³-hybridized carbons (Fsp3) is 0.800. The Morgan fingerprint density at radius 2 is 2.17 bits per heavy atom. The first-order valence-electron chi connectivity index (χ1n) is 7.08. The van der Waals surface area contributed by atoms with Crippen LogP contribution in [0.25, 0.3) is 0 Å². The Hall–Kier alpha value is -0.670. The quantitative estimate of drug-likeness (QED) is 0.660. The lowest BCUT2D eigenvalue weighted by Crippen LogP contribution is -2.58. The van der Waals surface area contributed by atoms with E-state index < -0.39 is 5.79 Å². The second-order valence-corrected chi connectivity index (χ2v) is 6.87. The third-order valence-electron chi connectivity index (χ3n) is 5.45. The van der Waals surface area contributed by atoms with Crippen molar-refractivity contribution in [3.05, 3.63) is 12.2 Å². The van der Waals surface area contributed by atoms with Gasteiger partial charge >= 0.3 is 0 Å². The molecule has 3 heteroatoms. The van der Waals surface area contributed by atoms with Gasteiger partial charge in [-0.05, 0) is 51.0 Å². The van der Waals surface area contributed by atoms with Gasteiger partial charge in [0.25, 0.3) is 0 Å². The van der Waals surface area contributed by atoms with Gasteiger partial charge in [0.2, 0.25) is 0 Å². The molecule has 3 nitrogen and oxygen atoms in total. The first kappa shape index (κ1) is 11.2. The topological polar surface area (TPSA) is 35.5 Å². The lowest BCUT2D eigenvalue weighted by molar-refractivity contribution is -0.156. The van der Waals surface area contributed by atoms with Crippen LogP contribution >= 0.6 is 0 Å². The van der Waals surface area contributed by atoms with Crippen molar-refractivity contribution in [1.82, 2.24) is 0 Å². The van der Waals surface area contributed by atoms with Crippen molar-refractivity contribution in [2.45, 2.75) is 57.5 Å². The van der Waals surface area contributed by atoms with Crippen molar-refractivity contribution in [3.8, 4) is 0 Å². The second kappa shape index (κ2) is 3.26. The first-order chi connectivity index (χ1) is 8.50. The largest absolute Gasteiger partial charge is 0.344 e. The van der Waals surface area contributed by atoms with Crippen LogP contribution in [0.2, 0.25) is 0 Å². The summed E-state index contributed by atoms with van der Waals surface area (Å²) in [5, 5.41) is 0. The van der Waals surface area contributed by atoms with E-state index in [9.17, 15) is 4.79 Å². The standard InChI is InChI=1S/C15H20O3/c1-14(2)17-12-9-3-5-15(13(12)18-14)6-4-11(16)8-10(15)7-9/h4,6,9-10,12-13H,3,5,7-8H2,1-2H3. The molecule has 3 saturated carbocycles. The number of ketones is 1. The molecule has 98 valence electrons. The van der Waals surface area contributed by atoms with E-state index in [0.29, 0.717) is 18.3 Å². The molecular weight excluding hydrogens is 228 g/mol. The number of hydrogen-bond donors (Lipinski definition) is 0. The lowest BCUT2D eigenvalue weighted by atomic mass is 9.50. The van der Waals surface area contributed by atoms with Crippen molar-refractivity contribution < 1.29 is 14.3 Å². The number of ether oxygens (including phenoxy) is 2. The fourth-order valence-corrected chi connectivity index (χ4v) is 4.71. The molecule has 1 saturated heterocycles. The number of rotatable bonds is 0. The van der Waals surface area contributed by atoms with Gasteiger partial charge in [0.05, 0.1) is 12.2 Å². The molecule has 0 aromatic rings. The molecule has 5 aliphatic rings. The summed E-state index contributed by atoms with van der Waals surface area (Å²) in [5.74, 6) is 0.887. The smallest absolute Gasteiger partial charge is 0.163 e. The first-order valence-corrected chi connectivity index (χ1v) is 7.08. The summed E-state index contributed by atoms with van der Waals surface area (Å²) in [6.45, 7) is 4.02. The van der Waals surface area contributed by atoms with Gasteiger partial charge in [-0.1, -0.05) is 6.08 Å². The van der Waals surface area contributed by atoms with Crippen LogP contribution in [0, 0.1) is 17.3 Å². The molecule has 4 aliphatic carbocycles. The molecule has 0 aromatic carbocycles. The molecule has 18 heavy (non-hydrogen) atoms. The fourth-order valence-electron chi connectivity index (χ4n) is 4.71. The zero-order chi connectivity index (χ0) is 12.5. The van der Waals surface area contributed by atoms with Crippen LogP contribution in [0.15, 0.2) is 12.2 Å². The average molecular weight is 248 g/mol.